The van der Waals surface area contributed by atoms with Crippen LogP contribution in [0.4, 0.5) is 4.39 Å². The molecule has 4 aliphatic heterocycles. The van der Waals surface area contributed by atoms with Gasteiger partial charge < -0.3 is 43.2 Å². The van der Waals surface area contributed by atoms with Gasteiger partial charge in [0, 0.05) is 67.3 Å². The molecule has 3 fully saturated rings. The van der Waals surface area contributed by atoms with Crippen molar-refractivity contribution in [3.8, 4) is 44.7 Å². The van der Waals surface area contributed by atoms with Gasteiger partial charge in [0.25, 0.3) is 0 Å². The van der Waals surface area contributed by atoms with Crippen LogP contribution in [0.1, 0.15) is 59.8 Å². The normalized spacial score (nSPS) is 22.1. The maximum atomic E-state index is 14.4. The molecule has 1 aliphatic carbocycles. The van der Waals surface area contributed by atoms with Crippen molar-refractivity contribution in [2.24, 2.45) is 0 Å². The van der Waals surface area contributed by atoms with Crippen LogP contribution in [0.2, 0.25) is 10.0 Å². The number of benzene rings is 3. The molecule has 4 bridgehead atoms. The van der Waals surface area contributed by atoms with E-state index in [-0.39, 0.29) is 43.6 Å². The fraction of sp³-hybridized carbons (Fsp3) is 0.442. The Labute approximate surface area is 425 Å². The maximum absolute atomic E-state index is 14.4. The van der Waals surface area contributed by atoms with E-state index in [9.17, 15) is 14.3 Å². The fourth-order valence-electron chi connectivity index (χ4n) is 9.75. The lowest BCUT2D eigenvalue weighted by molar-refractivity contribution is -0.145. The zero-order valence-corrected chi connectivity index (χ0v) is 42.0. The quantitative estimate of drug-likeness (QED) is 0.131. The minimum absolute atomic E-state index is 0.0158. The molecule has 0 spiro atoms. The lowest BCUT2D eigenvalue weighted by Gasteiger charge is -2.35. The summed E-state index contributed by atoms with van der Waals surface area (Å²) in [6.45, 7) is 9.37. The van der Waals surface area contributed by atoms with E-state index in [2.05, 4.69) is 31.8 Å². The summed E-state index contributed by atoms with van der Waals surface area (Å²) in [5.74, 6) is 0.556. The van der Waals surface area contributed by atoms with Crippen molar-refractivity contribution in [3.05, 3.63) is 105 Å². The minimum atomic E-state index is -1.46. The second kappa shape index (κ2) is 21.9. The van der Waals surface area contributed by atoms with Gasteiger partial charge in [-0.3, -0.25) is 4.90 Å². The number of hydrogen-bond acceptors (Lipinski definition) is 15. The average molecular weight is 1030 g/mol. The molecule has 3 aromatic heterocycles. The summed E-state index contributed by atoms with van der Waals surface area (Å²) < 4.78 is 57.8. The van der Waals surface area contributed by atoms with Crippen molar-refractivity contribution in [3.63, 3.8) is 0 Å². The number of likely N-dealkylation sites (N-methyl/N-ethyl adjacent to an activating group) is 1. The highest BCUT2D eigenvalue weighted by atomic mass is 35.5. The van der Waals surface area contributed by atoms with Gasteiger partial charge in [-0.1, -0.05) is 35.3 Å². The summed E-state index contributed by atoms with van der Waals surface area (Å²) in [4.78, 5) is 38.0. The molecule has 3 aromatic carbocycles. The zero-order chi connectivity index (χ0) is 49.2. The van der Waals surface area contributed by atoms with E-state index in [4.69, 9.17) is 61.3 Å². The van der Waals surface area contributed by atoms with Crippen molar-refractivity contribution in [1.82, 2.24) is 29.7 Å². The van der Waals surface area contributed by atoms with Gasteiger partial charge in [-0.25, -0.2) is 29.1 Å². The van der Waals surface area contributed by atoms with Gasteiger partial charge in [-0.15, -0.1) is 11.3 Å². The summed E-state index contributed by atoms with van der Waals surface area (Å²) in [5, 5.41) is 12.0. The molecule has 71 heavy (non-hydrogen) atoms. The van der Waals surface area contributed by atoms with Gasteiger partial charge in [-0.05, 0) is 105 Å². The van der Waals surface area contributed by atoms with Crippen LogP contribution >= 0.6 is 34.5 Å². The highest BCUT2D eigenvalue weighted by Crippen LogP contribution is 2.53. The van der Waals surface area contributed by atoms with Gasteiger partial charge in [0.05, 0.1) is 40.4 Å². The topological polar surface area (TPSA) is 160 Å². The van der Waals surface area contributed by atoms with E-state index in [1.165, 1.54) is 29.8 Å². The molecule has 2 saturated heterocycles. The van der Waals surface area contributed by atoms with Crippen LogP contribution in [0.25, 0.3) is 31.8 Å². The summed E-state index contributed by atoms with van der Waals surface area (Å²) in [6.07, 6.45) is 4.68. The Hall–Kier alpha value is -5.24. The van der Waals surface area contributed by atoms with Crippen molar-refractivity contribution in [2.75, 3.05) is 66.4 Å². The van der Waals surface area contributed by atoms with Crippen LogP contribution in [0.5, 0.6) is 23.1 Å². The molecule has 6 aromatic rings. The van der Waals surface area contributed by atoms with E-state index in [1.807, 2.05) is 19.9 Å². The first kappa shape index (κ1) is 49.3. The monoisotopic (exact) mass is 1030 g/mol. The molecule has 0 radical (unpaired) electrons. The molecular formula is C52H55Cl2FN6O9S. The minimum Gasteiger partial charge on any atom is -0.490 e. The first-order chi connectivity index (χ1) is 34.4. The average Bonchev–Trinajstić information content (AvgIpc) is 4.05. The van der Waals surface area contributed by atoms with Crippen molar-refractivity contribution >= 4 is 50.7 Å². The van der Waals surface area contributed by atoms with Crippen LogP contribution in [-0.2, 0) is 32.0 Å². The summed E-state index contributed by atoms with van der Waals surface area (Å²) in [7, 11) is 2.11. The molecule has 5 aliphatic rings. The molecule has 3 atom stereocenters. The van der Waals surface area contributed by atoms with E-state index in [0.717, 1.165) is 57.7 Å². The Balaban J connectivity index is 0.996. The zero-order valence-electron chi connectivity index (χ0n) is 39.7. The number of aliphatic carboxylic acids is 1. The van der Waals surface area contributed by atoms with Crippen LogP contribution in [0, 0.1) is 19.7 Å². The smallest absolute Gasteiger partial charge is 0.345 e. The number of carboxylic acids is 1. The molecule has 374 valence electrons. The molecular weight excluding hydrogens is 975 g/mol. The third-order valence-electron chi connectivity index (χ3n) is 13.7. The lowest BCUT2D eigenvalue weighted by Crippen LogP contribution is -2.49. The third-order valence-corrected chi connectivity index (χ3v) is 15.8. The highest BCUT2D eigenvalue weighted by Gasteiger charge is 2.33. The number of fused-ring (bicyclic) bond motifs is 7. The SMILES string of the molecule is Cc1c(Cl)c2c(Cl)c(C)c1-c1c(-c3ccc(F)cc3)sc3ncnc(c13)O[C@@H](C(=O)O)Cc1cc(ccc1OCc1ccnc(C3CCC(OC[C@@H]4COCO4)CC3)n1)OC[C@@H](CN1CCN(C)CC1)O2. The predicted molar refractivity (Wildman–Crippen MR) is 267 cm³/mol. The molecule has 0 amide bonds. The number of aromatic nitrogens is 4. The number of nitrogens with zero attached hydrogens (tertiary/aromatic N) is 6. The van der Waals surface area contributed by atoms with E-state index in [0.29, 0.717) is 108 Å². The number of ether oxygens (including phenoxy) is 7. The number of rotatable bonds is 11. The Morgan fingerprint density at radius 3 is 2.42 bits per heavy atom. The van der Waals surface area contributed by atoms with Gasteiger partial charge >= 0.3 is 5.97 Å². The standard InChI is InChI=1S/C52H55Cl2FN6O9S/c1-29-42-30(2)46(54)47(45(29)53)69-38(22-61-18-16-60(3)17-19-61)25-66-37-12-13-40(67-23-35-14-15-56-49(59-35)32-6-10-36(11-7-32)65-26-39-24-64-28-68-39)33(20-37)21-41(52(62)63)70-50-44-43(42)48(71-51(44)58-27-57-50)31-4-8-34(55)9-5-31/h4-5,8-9,12-15,20,27,32,36,38-39,41H,6-7,10-11,16-19,21-26,28H2,1-3H3,(H,62,63)/t32?,36?,38-,39+,41-/m1/s1. The van der Waals surface area contributed by atoms with Gasteiger partial charge in [0.2, 0.25) is 12.0 Å². The van der Waals surface area contributed by atoms with Crippen molar-refractivity contribution < 1.29 is 47.4 Å². The largest absolute Gasteiger partial charge is 0.490 e. The Morgan fingerprint density at radius 1 is 0.915 bits per heavy atom. The summed E-state index contributed by atoms with van der Waals surface area (Å²) in [6, 6.07) is 13.3. The number of thiophene rings is 1. The maximum Gasteiger partial charge on any atom is 0.345 e. The molecule has 19 heteroatoms. The number of halogens is 3. The second-order valence-electron chi connectivity index (χ2n) is 18.6. The van der Waals surface area contributed by atoms with Gasteiger partial charge in [0.15, 0.2) is 5.75 Å². The summed E-state index contributed by atoms with van der Waals surface area (Å²) in [5.41, 5.74) is 4.48. The first-order valence-electron chi connectivity index (χ1n) is 24.0. The Bertz CT molecular complexity index is 2840. The van der Waals surface area contributed by atoms with Crippen molar-refractivity contribution in [2.45, 2.75) is 82.9 Å². The molecule has 15 nitrogen and oxygen atoms in total. The second-order valence-corrected chi connectivity index (χ2v) is 20.4. The Kier molecular flexibility index (Phi) is 15.2. The van der Waals surface area contributed by atoms with E-state index < -0.39 is 24.0 Å². The van der Waals surface area contributed by atoms with Crippen LogP contribution < -0.4 is 18.9 Å². The highest BCUT2D eigenvalue weighted by molar-refractivity contribution is 7.22. The first-order valence-corrected chi connectivity index (χ1v) is 25.5. The third kappa shape index (κ3) is 11.1. The van der Waals surface area contributed by atoms with E-state index in [1.54, 1.807) is 36.5 Å². The number of hydrogen-bond donors (Lipinski definition) is 1. The van der Waals surface area contributed by atoms with Gasteiger partial charge in [-0.2, -0.15) is 0 Å². The molecule has 7 heterocycles. The molecule has 1 N–H and O–H groups in total. The molecule has 0 unspecified atom stereocenters. The molecule has 11 rings (SSSR count). The Morgan fingerprint density at radius 2 is 1.69 bits per heavy atom. The van der Waals surface area contributed by atoms with Gasteiger partial charge in [0.1, 0.15) is 66.5 Å². The predicted octanol–water partition coefficient (Wildman–Crippen LogP) is 9.33. The number of piperazine rings is 1. The molecule has 1 saturated carbocycles. The number of carboxylic acid groups (broad SMARTS) is 1. The van der Waals surface area contributed by atoms with Crippen molar-refractivity contribution in [1.29, 1.82) is 0 Å². The lowest BCUT2D eigenvalue weighted by atomic mass is 9.86. The number of carbonyl (C=O) groups is 1. The van der Waals surface area contributed by atoms with E-state index >= 15 is 0 Å². The van der Waals surface area contributed by atoms with Crippen LogP contribution in [0.15, 0.2) is 61.1 Å². The van der Waals surface area contributed by atoms with Crippen LogP contribution in [-0.4, -0.2) is 132 Å². The summed E-state index contributed by atoms with van der Waals surface area (Å²) >= 11 is 16.0. The fourth-order valence-corrected chi connectivity index (χ4v) is 11.4. The van der Waals surface area contributed by atoms with Crippen LogP contribution in [0.3, 0.4) is 0 Å².